The lowest BCUT2D eigenvalue weighted by molar-refractivity contribution is 0.601. The summed E-state index contributed by atoms with van der Waals surface area (Å²) in [5, 5.41) is 0. The molecule has 0 saturated heterocycles. The first-order chi connectivity index (χ1) is 8.90. The molecule has 2 aromatic carbocycles. The molecule has 0 amide bonds. The molecule has 0 saturated carbocycles. The predicted molar refractivity (Wildman–Crippen MR) is 80.5 cm³/mol. The normalized spacial score (nSPS) is 11.3. The van der Waals surface area contributed by atoms with E-state index >= 15 is 0 Å². The van der Waals surface area contributed by atoms with Crippen LogP contribution in [-0.4, -0.2) is 8.42 Å². The van der Waals surface area contributed by atoms with Crippen molar-refractivity contribution in [2.45, 2.75) is 11.8 Å². The van der Waals surface area contributed by atoms with E-state index in [4.69, 9.17) is 5.73 Å². The fourth-order valence-corrected chi connectivity index (χ4v) is 3.57. The van der Waals surface area contributed by atoms with E-state index in [1.807, 2.05) is 19.1 Å². The van der Waals surface area contributed by atoms with Crippen molar-refractivity contribution in [2.24, 2.45) is 0 Å². The number of aryl methyl sites for hydroxylation is 1. The van der Waals surface area contributed by atoms with Gasteiger partial charge in [0.2, 0.25) is 0 Å². The van der Waals surface area contributed by atoms with Gasteiger partial charge in [0, 0.05) is 4.47 Å². The van der Waals surface area contributed by atoms with Crippen molar-refractivity contribution >= 4 is 37.3 Å². The first-order valence-electron chi connectivity index (χ1n) is 5.53. The molecule has 0 spiro atoms. The first kappa shape index (κ1) is 13.9. The fraction of sp³-hybridized carbons (Fsp3) is 0.0769. The average Bonchev–Trinajstić information content (AvgIpc) is 2.33. The number of hydrogen-bond donors (Lipinski definition) is 2. The molecule has 0 fully saturated rings. The zero-order valence-electron chi connectivity index (χ0n) is 10.2. The molecule has 0 aliphatic rings. The van der Waals surface area contributed by atoms with Crippen LogP contribution < -0.4 is 10.5 Å². The summed E-state index contributed by atoms with van der Waals surface area (Å²) in [5.41, 5.74) is 7.43. The lowest BCUT2D eigenvalue weighted by Crippen LogP contribution is -2.15. The zero-order valence-corrected chi connectivity index (χ0v) is 12.6. The predicted octanol–water partition coefficient (Wildman–Crippen LogP) is 3.14. The molecule has 100 valence electrons. The maximum atomic E-state index is 12.2. The number of sulfonamides is 1. The van der Waals surface area contributed by atoms with Gasteiger partial charge in [-0.1, -0.05) is 18.2 Å². The van der Waals surface area contributed by atoms with Crippen LogP contribution >= 0.6 is 15.9 Å². The summed E-state index contributed by atoms with van der Waals surface area (Å²) >= 11 is 3.33. The summed E-state index contributed by atoms with van der Waals surface area (Å²) in [5.74, 6) is 0. The minimum absolute atomic E-state index is 0.0717. The minimum atomic E-state index is -3.68. The molecule has 0 aromatic heterocycles. The smallest absolute Gasteiger partial charge is 0.263 e. The largest absolute Gasteiger partial charge is 0.398 e. The number of halogens is 1. The third kappa shape index (κ3) is 3.08. The Hall–Kier alpha value is -1.53. The van der Waals surface area contributed by atoms with Crippen molar-refractivity contribution in [3.8, 4) is 0 Å². The second-order valence-corrected chi connectivity index (χ2v) is 6.63. The Morgan fingerprint density at radius 2 is 1.84 bits per heavy atom. The van der Waals surface area contributed by atoms with Gasteiger partial charge < -0.3 is 5.73 Å². The molecule has 3 N–H and O–H groups in total. The summed E-state index contributed by atoms with van der Waals surface area (Å²) in [6.45, 7) is 1.93. The highest BCUT2D eigenvalue weighted by Crippen LogP contribution is 2.27. The van der Waals surface area contributed by atoms with Crippen LogP contribution in [-0.2, 0) is 10.0 Å². The topological polar surface area (TPSA) is 72.2 Å². The van der Waals surface area contributed by atoms with E-state index in [0.717, 1.165) is 5.56 Å². The lowest BCUT2D eigenvalue weighted by Gasteiger charge is -2.11. The Bertz CT molecular complexity index is 714. The molecule has 2 aromatic rings. The standard InChI is InChI=1S/C13H13BrN2O2S/c1-9-6-7-12(10(14)8-9)16-19(17,18)13-5-3-2-4-11(13)15/h2-8,16H,15H2,1H3. The average molecular weight is 341 g/mol. The van der Waals surface area contributed by atoms with Crippen molar-refractivity contribution < 1.29 is 8.42 Å². The molecule has 0 unspecified atom stereocenters. The number of anilines is 2. The van der Waals surface area contributed by atoms with Gasteiger partial charge in [0.05, 0.1) is 11.4 Å². The van der Waals surface area contributed by atoms with Gasteiger partial charge in [0.25, 0.3) is 10.0 Å². The molecular formula is C13H13BrN2O2S. The Balaban J connectivity index is 2.40. The van der Waals surface area contributed by atoms with Crippen molar-refractivity contribution in [1.29, 1.82) is 0 Å². The van der Waals surface area contributed by atoms with E-state index in [-0.39, 0.29) is 10.6 Å². The van der Waals surface area contributed by atoms with Crippen molar-refractivity contribution in [2.75, 3.05) is 10.5 Å². The van der Waals surface area contributed by atoms with E-state index < -0.39 is 10.0 Å². The van der Waals surface area contributed by atoms with Gasteiger partial charge in [-0.3, -0.25) is 4.72 Å². The quantitative estimate of drug-likeness (QED) is 0.843. The maximum absolute atomic E-state index is 12.2. The molecule has 6 heteroatoms. The molecule has 0 heterocycles. The molecule has 0 atom stereocenters. The van der Waals surface area contributed by atoms with Gasteiger partial charge >= 0.3 is 0 Å². The highest BCUT2D eigenvalue weighted by atomic mass is 79.9. The molecule has 0 bridgehead atoms. The number of hydrogen-bond acceptors (Lipinski definition) is 3. The van der Waals surface area contributed by atoms with E-state index in [1.165, 1.54) is 6.07 Å². The first-order valence-corrected chi connectivity index (χ1v) is 7.81. The van der Waals surface area contributed by atoms with Crippen molar-refractivity contribution in [1.82, 2.24) is 0 Å². The number of nitrogens with one attached hydrogen (secondary N) is 1. The van der Waals surface area contributed by atoms with Crippen LogP contribution in [0.2, 0.25) is 0 Å². The van der Waals surface area contributed by atoms with Crippen LogP contribution in [0.15, 0.2) is 51.8 Å². The number of rotatable bonds is 3. The second kappa shape index (κ2) is 5.22. The van der Waals surface area contributed by atoms with Crippen LogP contribution in [0.25, 0.3) is 0 Å². The van der Waals surface area contributed by atoms with Gasteiger partial charge in [-0.05, 0) is 52.7 Å². The summed E-state index contributed by atoms with van der Waals surface area (Å²) in [4.78, 5) is 0.0717. The van der Waals surface area contributed by atoms with Gasteiger partial charge in [0.1, 0.15) is 4.90 Å². The highest BCUT2D eigenvalue weighted by molar-refractivity contribution is 9.10. The van der Waals surface area contributed by atoms with Crippen LogP contribution in [0.1, 0.15) is 5.56 Å². The fourth-order valence-electron chi connectivity index (χ4n) is 1.63. The van der Waals surface area contributed by atoms with Gasteiger partial charge in [-0.25, -0.2) is 8.42 Å². The van der Waals surface area contributed by atoms with E-state index in [1.54, 1.807) is 24.3 Å². The van der Waals surface area contributed by atoms with E-state index in [2.05, 4.69) is 20.7 Å². The monoisotopic (exact) mass is 340 g/mol. The van der Waals surface area contributed by atoms with Gasteiger partial charge in [-0.15, -0.1) is 0 Å². The maximum Gasteiger partial charge on any atom is 0.263 e. The summed E-state index contributed by atoms with van der Waals surface area (Å²) < 4.78 is 27.7. The third-order valence-corrected chi connectivity index (χ3v) is 4.67. The number of nitrogen functional groups attached to an aromatic ring is 1. The molecule has 19 heavy (non-hydrogen) atoms. The summed E-state index contributed by atoms with van der Waals surface area (Å²) in [6.07, 6.45) is 0. The van der Waals surface area contributed by atoms with Crippen molar-refractivity contribution in [3.05, 3.63) is 52.5 Å². The van der Waals surface area contributed by atoms with E-state index in [0.29, 0.717) is 10.2 Å². The number of para-hydroxylation sites is 1. The van der Waals surface area contributed by atoms with Gasteiger partial charge in [-0.2, -0.15) is 0 Å². The van der Waals surface area contributed by atoms with Crippen LogP contribution in [0, 0.1) is 6.92 Å². The highest BCUT2D eigenvalue weighted by Gasteiger charge is 2.17. The lowest BCUT2D eigenvalue weighted by atomic mass is 10.2. The minimum Gasteiger partial charge on any atom is -0.398 e. The molecule has 4 nitrogen and oxygen atoms in total. The second-order valence-electron chi connectivity index (χ2n) is 4.13. The van der Waals surface area contributed by atoms with Crippen LogP contribution in [0.4, 0.5) is 11.4 Å². The number of benzene rings is 2. The van der Waals surface area contributed by atoms with Crippen molar-refractivity contribution in [3.63, 3.8) is 0 Å². The Kier molecular flexibility index (Phi) is 3.82. The van der Waals surface area contributed by atoms with Crippen LogP contribution in [0.3, 0.4) is 0 Å². The molecule has 0 aliphatic heterocycles. The molecule has 0 aliphatic carbocycles. The van der Waals surface area contributed by atoms with Gasteiger partial charge in [0.15, 0.2) is 0 Å². The Labute approximate surface area is 120 Å². The van der Waals surface area contributed by atoms with E-state index in [9.17, 15) is 8.42 Å². The summed E-state index contributed by atoms with van der Waals surface area (Å²) in [7, 11) is -3.68. The zero-order chi connectivity index (χ0) is 14.0. The Morgan fingerprint density at radius 3 is 2.47 bits per heavy atom. The summed E-state index contributed by atoms with van der Waals surface area (Å²) in [6, 6.07) is 11.7. The molecular weight excluding hydrogens is 328 g/mol. The number of nitrogens with two attached hydrogens (primary N) is 1. The van der Waals surface area contributed by atoms with Crippen LogP contribution in [0.5, 0.6) is 0 Å². The molecule has 2 rings (SSSR count). The Morgan fingerprint density at radius 1 is 1.16 bits per heavy atom. The molecule has 0 radical (unpaired) electrons. The SMILES string of the molecule is Cc1ccc(NS(=O)(=O)c2ccccc2N)c(Br)c1. The third-order valence-electron chi connectivity index (χ3n) is 2.58.